The number of para-hydroxylation sites is 1. The van der Waals surface area contributed by atoms with Gasteiger partial charge in [-0.25, -0.2) is 4.98 Å². The van der Waals surface area contributed by atoms with Gasteiger partial charge in [-0.05, 0) is 37.5 Å². The van der Waals surface area contributed by atoms with E-state index in [4.69, 9.17) is 9.72 Å². The SMILES string of the molecule is COc1cccc2c(C)cc(N3CCCCCCC3)nc12. The molecular weight excluding hydrogens is 260 g/mol. The summed E-state index contributed by atoms with van der Waals surface area (Å²) in [5.74, 6) is 1.97. The highest BCUT2D eigenvalue weighted by atomic mass is 16.5. The summed E-state index contributed by atoms with van der Waals surface area (Å²) in [6.07, 6.45) is 6.60. The Morgan fingerprint density at radius 2 is 1.76 bits per heavy atom. The highest BCUT2D eigenvalue weighted by molar-refractivity contribution is 5.88. The molecule has 1 aromatic heterocycles. The van der Waals surface area contributed by atoms with Crippen molar-refractivity contribution in [1.82, 2.24) is 4.98 Å². The molecule has 1 fully saturated rings. The third-order valence-electron chi connectivity index (χ3n) is 4.40. The van der Waals surface area contributed by atoms with Gasteiger partial charge in [0.2, 0.25) is 0 Å². The van der Waals surface area contributed by atoms with Crippen molar-refractivity contribution >= 4 is 16.7 Å². The zero-order valence-corrected chi connectivity index (χ0v) is 13.1. The highest BCUT2D eigenvalue weighted by Crippen LogP contribution is 2.29. The molecule has 0 N–H and O–H groups in total. The van der Waals surface area contributed by atoms with Crippen LogP contribution in [0.3, 0.4) is 0 Å². The van der Waals surface area contributed by atoms with E-state index in [1.54, 1.807) is 7.11 Å². The van der Waals surface area contributed by atoms with Crippen LogP contribution >= 0.6 is 0 Å². The van der Waals surface area contributed by atoms with E-state index in [1.807, 2.05) is 12.1 Å². The number of aryl methyl sites for hydroxylation is 1. The predicted octanol–water partition coefficient (Wildman–Crippen LogP) is 4.32. The van der Waals surface area contributed by atoms with Gasteiger partial charge in [-0.15, -0.1) is 0 Å². The summed E-state index contributed by atoms with van der Waals surface area (Å²) in [6, 6.07) is 8.37. The average Bonchev–Trinajstić information content (AvgIpc) is 2.46. The second kappa shape index (κ2) is 6.33. The van der Waals surface area contributed by atoms with Crippen molar-refractivity contribution in [2.75, 3.05) is 25.1 Å². The number of fused-ring (bicyclic) bond motifs is 1. The zero-order chi connectivity index (χ0) is 14.7. The summed E-state index contributed by atoms with van der Waals surface area (Å²) in [4.78, 5) is 7.35. The molecule has 0 spiro atoms. The molecule has 1 aliphatic heterocycles. The van der Waals surface area contributed by atoms with Crippen molar-refractivity contribution in [3.8, 4) is 5.75 Å². The maximum Gasteiger partial charge on any atom is 0.145 e. The zero-order valence-electron chi connectivity index (χ0n) is 13.1. The number of rotatable bonds is 2. The number of ether oxygens (including phenoxy) is 1. The van der Waals surface area contributed by atoms with E-state index in [0.29, 0.717) is 0 Å². The molecule has 0 saturated carbocycles. The van der Waals surface area contributed by atoms with Gasteiger partial charge in [0.1, 0.15) is 17.1 Å². The lowest BCUT2D eigenvalue weighted by Gasteiger charge is -2.26. The van der Waals surface area contributed by atoms with Crippen molar-refractivity contribution in [3.63, 3.8) is 0 Å². The fourth-order valence-electron chi connectivity index (χ4n) is 3.18. The van der Waals surface area contributed by atoms with Crippen molar-refractivity contribution in [1.29, 1.82) is 0 Å². The van der Waals surface area contributed by atoms with Crippen LogP contribution in [-0.4, -0.2) is 25.2 Å². The molecule has 3 heteroatoms. The topological polar surface area (TPSA) is 25.4 Å². The number of anilines is 1. The number of methoxy groups -OCH3 is 1. The first-order chi connectivity index (χ1) is 10.3. The molecule has 1 aliphatic rings. The lowest BCUT2D eigenvalue weighted by atomic mass is 10.1. The van der Waals surface area contributed by atoms with Crippen LogP contribution in [0.15, 0.2) is 24.3 Å². The molecule has 1 aromatic carbocycles. The summed E-state index contributed by atoms with van der Waals surface area (Å²) in [5.41, 5.74) is 2.26. The van der Waals surface area contributed by atoms with E-state index in [9.17, 15) is 0 Å². The molecule has 0 radical (unpaired) electrons. The Kier molecular flexibility index (Phi) is 4.28. The van der Waals surface area contributed by atoms with E-state index >= 15 is 0 Å². The Balaban J connectivity index is 2.01. The fraction of sp³-hybridized carbons (Fsp3) is 0.500. The molecule has 112 valence electrons. The van der Waals surface area contributed by atoms with Crippen LogP contribution in [0, 0.1) is 6.92 Å². The van der Waals surface area contributed by atoms with Gasteiger partial charge in [-0.1, -0.05) is 31.4 Å². The van der Waals surface area contributed by atoms with Crippen LogP contribution in [0.25, 0.3) is 10.9 Å². The number of hydrogen-bond acceptors (Lipinski definition) is 3. The normalized spacial score (nSPS) is 16.6. The number of aromatic nitrogens is 1. The molecule has 1 saturated heterocycles. The largest absolute Gasteiger partial charge is 0.494 e. The monoisotopic (exact) mass is 284 g/mol. The number of nitrogens with zero attached hydrogens (tertiary/aromatic N) is 2. The Bertz CT molecular complexity index is 616. The Hall–Kier alpha value is -1.77. The van der Waals surface area contributed by atoms with Crippen LogP contribution < -0.4 is 9.64 Å². The van der Waals surface area contributed by atoms with Crippen molar-refractivity contribution < 1.29 is 4.74 Å². The molecule has 2 heterocycles. The number of pyridine rings is 1. The lowest BCUT2D eigenvalue weighted by molar-refractivity contribution is 0.419. The summed E-state index contributed by atoms with van der Waals surface area (Å²) < 4.78 is 5.49. The van der Waals surface area contributed by atoms with Crippen molar-refractivity contribution in [2.45, 2.75) is 39.0 Å². The van der Waals surface area contributed by atoms with Crippen LogP contribution in [0.2, 0.25) is 0 Å². The molecule has 3 rings (SSSR count). The van der Waals surface area contributed by atoms with Gasteiger partial charge in [0.15, 0.2) is 0 Å². The molecule has 0 amide bonds. The second-order valence-corrected chi connectivity index (χ2v) is 5.91. The summed E-state index contributed by atoms with van der Waals surface area (Å²) in [7, 11) is 1.72. The molecule has 2 aromatic rings. The minimum absolute atomic E-state index is 0.865. The van der Waals surface area contributed by atoms with E-state index in [1.165, 1.54) is 43.1 Å². The van der Waals surface area contributed by atoms with Gasteiger partial charge in [-0.3, -0.25) is 0 Å². The van der Waals surface area contributed by atoms with E-state index in [0.717, 1.165) is 30.2 Å². The van der Waals surface area contributed by atoms with Crippen LogP contribution in [0.1, 0.15) is 37.7 Å². The molecule has 0 atom stereocenters. The lowest BCUT2D eigenvalue weighted by Crippen LogP contribution is -2.27. The third kappa shape index (κ3) is 2.97. The minimum Gasteiger partial charge on any atom is -0.494 e. The third-order valence-corrected chi connectivity index (χ3v) is 4.40. The standard InChI is InChI=1S/C18H24N2O/c1-14-13-17(20-11-6-4-3-5-7-12-20)19-18-15(14)9-8-10-16(18)21-2/h8-10,13H,3-7,11-12H2,1-2H3. The van der Waals surface area contributed by atoms with Gasteiger partial charge >= 0.3 is 0 Å². The maximum absolute atomic E-state index is 5.49. The first-order valence-electron chi connectivity index (χ1n) is 7.99. The van der Waals surface area contributed by atoms with E-state index < -0.39 is 0 Å². The van der Waals surface area contributed by atoms with Gasteiger partial charge in [0.25, 0.3) is 0 Å². The molecule has 3 nitrogen and oxygen atoms in total. The van der Waals surface area contributed by atoms with Crippen LogP contribution in [0.5, 0.6) is 5.75 Å². The molecule has 0 unspecified atom stereocenters. The molecule has 0 bridgehead atoms. The van der Waals surface area contributed by atoms with Gasteiger partial charge in [0.05, 0.1) is 7.11 Å². The number of hydrogen-bond donors (Lipinski definition) is 0. The minimum atomic E-state index is 0.865. The molecule has 21 heavy (non-hydrogen) atoms. The first kappa shape index (κ1) is 14.2. The van der Waals surface area contributed by atoms with Crippen molar-refractivity contribution in [2.24, 2.45) is 0 Å². The van der Waals surface area contributed by atoms with Gasteiger partial charge in [-0.2, -0.15) is 0 Å². The van der Waals surface area contributed by atoms with Crippen LogP contribution in [0.4, 0.5) is 5.82 Å². The molecular formula is C18H24N2O. The predicted molar refractivity (Wildman–Crippen MR) is 88.3 cm³/mol. The fourth-order valence-corrected chi connectivity index (χ4v) is 3.18. The molecule has 0 aliphatic carbocycles. The Morgan fingerprint density at radius 1 is 1.05 bits per heavy atom. The second-order valence-electron chi connectivity index (χ2n) is 5.91. The van der Waals surface area contributed by atoms with E-state index in [2.05, 4.69) is 24.0 Å². The van der Waals surface area contributed by atoms with Crippen LogP contribution in [-0.2, 0) is 0 Å². The van der Waals surface area contributed by atoms with Crippen molar-refractivity contribution in [3.05, 3.63) is 29.8 Å². The Labute approximate surface area is 126 Å². The van der Waals surface area contributed by atoms with Gasteiger partial charge < -0.3 is 9.64 Å². The Morgan fingerprint density at radius 3 is 2.48 bits per heavy atom. The quantitative estimate of drug-likeness (QED) is 0.821. The summed E-state index contributed by atoms with van der Waals surface area (Å²) in [5, 5.41) is 1.19. The maximum atomic E-state index is 5.49. The average molecular weight is 284 g/mol. The van der Waals surface area contributed by atoms with Gasteiger partial charge in [0, 0.05) is 18.5 Å². The summed E-state index contributed by atoms with van der Waals surface area (Å²) in [6.45, 7) is 4.40. The summed E-state index contributed by atoms with van der Waals surface area (Å²) >= 11 is 0. The van der Waals surface area contributed by atoms with E-state index in [-0.39, 0.29) is 0 Å². The smallest absolute Gasteiger partial charge is 0.145 e. The number of benzene rings is 1. The highest BCUT2D eigenvalue weighted by Gasteiger charge is 2.13. The first-order valence-corrected chi connectivity index (χ1v) is 7.99.